The maximum Gasteiger partial charge on any atom is 0.0583 e. The first-order valence-corrected chi connectivity index (χ1v) is 6.41. The zero-order valence-corrected chi connectivity index (χ0v) is 9.31. The van der Waals surface area contributed by atoms with Crippen molar-refractivity contribution in [2.75, 3.05) is 13.1 Å². The third-order valence-electron chi connectivity index (χ3n) is 4.81. The van der Waals surface area contributed by atoms with Crippen LogP contribution in [-0.4, -0.2) is 41.3 Å². The number of rotatable bonds is 1. The molecule has 5 unspecified atom stereocenters. The maximum atomic E-state index is 9.86. The Morgan fingerprint density at radius 3 is 2.60 bits per heavy atom. The molecule has 0 bridgehead atoms. The van der Waals surface area contributed by atoms with Gasteiger partial charge in [-0.1, -0.05) is 0 Å². The van der Waals surface area contributed by atoms with Gasteiger partial charge in [-0.3, -0.25) is 4.90 Å². The Bertz CT molecular complexity index is 246. The van der Waals surface area contributed by atoms with Gasteiger partial charge in [-0.15, -0.1) is 0 Å². The molecule has 1 saturated heterocycles. The fraction of sp³-hybridized carbons (Fsp3) is 1.00. The summed E-state index contributed by atoms with van der Waals surface area (Å²) < 4.78 is 0. The first-order valence-electron chi connectivity index (χ1n) is 6.41. The van der Waals surface area contributed by atoms with Gasteiger partial charge in [0.2, 0.25) is 0 Å². The van der Waals surface area contributed by atoms with Crippen molar-refractivity contribution in [3.63, 3.8) is 0 Å². The molecule has 5 atom stereocenters. The summed E-state index contributed by atoms with van der Waals surface area (Å²) in [6, 6.07) is 1.15. The van der Waals surface area contributed by atoms with Gasteiger partial charge >= 0.3 is 0 Å². The molecule has 3 fully saturated rings. The second-order valence-corrected chi connectivity index (χ2v) is 5.75. The predicted molar refractivity (Wildman–Crippen MR) is 59.4 cm³/mol. The minimum absolute atomic E-state index is 0.0184. The average molecular weight is 210 g/mol. The maximum absolute atomic E-state index is 9.86. The molecule has 3 aliphatic rings. The van der Waals surface area contributed by atoms with Gasteiger partial charge in [0.15, 0.2) is 0 Å². The molecule has 1 aliphatic heterocycles. The van der Waals surface area contributed by atoms with Crippen molar-refractivity contribution in [3.05, 3.63) is 0 Å². The van der Waals surface area contributed by atoms with Crippen LogP contribution in [0.1, 0.15) is 32.1 Å². The molecular weight excluding hydrogens is 188 g/mol. The number of hydrogen-bond donors (Lipinski definition) is 2. The summed E-state index contributed by atoms with van der Waals surface area (Å²) in [5, 5.41) is 9.86. The Labute approximate surface area is 91.6 Å². The van der Waals surface area contributed by atoms with E-state index in [-0.39, 0.29) is 6.10 Å². The Morgan fingerprint density at radius 1 is 1.07 bits per heavy atom. The van der Waals surface area contributed by atoms with E-state index in [2.05, 4.69) is 4.90 Å². The first kappa shape index (κ1) is 10.1. The monoisotopic (exact) mass is 210 g/mol. The lowest BCUT2D eigenvalue weighted by Crippen LogP contribution is -2.34. The Balaban J connectivity index is 1.62. The van der Waals surface area contributed by atoms with Gasteiger partial charge in [0.1, 0.15) is 0 Å². The predicted octanol–water partition coefficient (Wildman–Crippen LogP) is 0.569. The SMILES string of the molecule is NC1CCC(N2CC3CCC(O)C3C2)C1. The van der Waals surface area contributed by atoms with Crippen molar-refractivity contribution < 1.29 is 5.11 Å². The molecule has 0 aromatic heterocycles. The largest absolute Gasteiger partial charge is 0.393 e. The molecule has 3 nitrogen and oxygen atoms in total. The fourth-order valence-electron chi connectivity index (χ4n) is 3.89. The number of nitrogens with two attached hydrogens (primary N) is 1. The quantitative estimate of drug-likeness (QED) is 0.665. The highest BCUT2D eigenvalue weighted by Crippen LogP contribution is 2.40. The molecule has 0 aromatic carbocycles. The number of likely N-dealkylation sites (tertiary alicyclic amines) is 1. The zero-order chi connectivity index (χ0) is 10.4. The van der Waals surface area contributed by atoms with Crippen molar-refractivity contribution in [2.24, 2.45) is 17.6 Å². The first-order chi connectivity index (χ1) is 7.24. The van der Waals surface area contributed by atoms with Gasteiger partial charge in [-0.25, -0.2) is 0 Å². The molecule has 3 rings (SSSR count). The number of aliphatic hydroxyl groups excluding tert-OH is 1. The van der Waals surface area contributed by atoms with Gasteiger partial charge in [0.25, 0.3) is 0 Å². The van der Waals surface area contributed by atoms with E-state index in [1.807, 2.05) is 0 Å². The average Bonchev–Trinajstić information content (AvgIpc) is 2.84. The van der Waals surface area contributed by atoms with Crippen molar-refractivity contribution in [1.29, 1.82) is 0 Å². The van der Waals surface area contributed by atoms with Gasteiger partial charge in [-0.05, 0) is 38.0 Å². The molecule has 86 valence electrons. The van der Waals surface area contributed by atoms with E-state index >= 15 is 0 Å². The van der Waals surface area contributed by atoms with Gasteiger partial charge in [0.05, 0.1) is 6.10 Å². The molecule has 2 saturated carbocycles. The van der Waals surface area contributed by atoms with Crippen LogP contribution in [0.5, 0.6) is 0 Å². The second kappa shape index (κ2) is 3.72. The molecule has 15 heavy (non-hydrogen) atoms. The summed E-state index contributed by atoms with van der Waals surface area (Å²) in [7, 11) is 0. The van der Waals surface area contributed by atoms with Crippen LogP contribution >= 0.6 is 0 Å². The van der Waals surface area contributed by atoms with Crippen molar-refractivity contribution in [1.82, 2.24) is 4.90 Å². The number of hydrogen-bond acceptors (Lipinski definition) is 3. The van der Waals surface area contributed by atoms with Crippen LogP contribution in [0, 0.1) is 11.8 Å². The fourth-order valence-corrected chi connectivity index (χ4v) is 3.89. The lowest BCUT2D eigenvalue weighted by atomic mass is 10.00. The standard InChI is InChI=1S/C12H22N2O/c13-9-2-3-10(5-9)14-6-8-1-4-12(15)11(8)7-14/h8-12,15H,1-7,13H2. The van der Waals surface area contributed by atoms with E-state index in [1.165, 1.54) is 32.2 Å². The van der Waals surface area contributed by atoms with Crippen LogP contribution in [0.25, 0.3) is 0 Å². The molecular formula is C12H22N2O. The van der Waals surface area contributed by atoms with E-state index in [4.69, 9.17) is 5.73 Å². The lowest BCUT2D eigenvalue weighted by molar-refractivity contribution is 0.118. The Morgan fingerprint density at radius 2 is 1.93 bits per heavy atom. The third-order valence-corrected chi connectivity index (χ3v) is 4.81. The van der Waals surface area contributed by atoms with Crippen LogP contribution in [0.3, 0.4) is 0 Å². The number of fused-ring (bicyclic) bond motifs is 1. The van der Waals surface area contributed by atoms with Gasteiger partial charge < -0.3 is 10.8 Å². The van der Waals surface area contributed by atoms with E-state index in [0.29, 0.717) is 12.0 Å². The minimum atomic E-state index is -0.0184. The highest BCUT2D eigenvalue weighted by atomic mass is 16.3. The lowest BCUT2D eigenvalue weighted by Gasteiger charge is -2.25. The van der Waals surface area contributed by atoms with Gasteiger partial charge in [0, 0.05) is 31.1 Å². The smallest absolute Gasteiger partial charge is 0.0583 e. The normalized spacial score (nSPS) is 51.2. The summed E-state index contributed by atoms with van der Waals surface area (Å²) in [6.07, 6.45) is 5.90. The van der Waals surface area contributed by atoms with E-state index in [9.17, 15) is 5.11 Å². The van der Waals surface area contributed by atoms with Crippen LogP contribution in [0.4, 0.5) is 0 Å². The third kappa shape index (κ3) is 1.71. The highest BCUT2D eigenvalue weighted by Gasteiger charge is 2.44. The molecule has 3 heteroatoms. The van der Waals surface area contributed by atoms with Gasteiger partial charge in [-0.2, -0.15) is 0 Å². The molecule has 0 amide bonds. The van der Waals surface area contributed by atoms with Crippen molar-refractivity contribution in [2.45, 2.75) is 50.3 Å². The second-order valence-electron chi connectivity index (χ2n) is 5.75. The Kier molecular flexibility index (Phi) is 2.49. The number of nitrogens with zero attached hydrogens (tertiary/aromatic N) is 1. The van der Waals surface area contributed by atoms with E-state index in [0.717, 1.165) is 24.9 Å². The van der Waals surface area contributed by atoms with Crippen LogP contribution in [-0.2, 0) is 0 Å². The topological polar surface area (TPSA) is 49.5 Å². The van der Waals surface area contributed by atoms with Crippen LogP contribution in [0.2, 0.25) is 0 Å². The highest BCUT2D eigenvalue weighted by molar-refractivity contribution is 4.97. The van der Waals surface area contributed by atoms with E-state index in [1.54, 1.807) is 0 Å². The molecule has 2 aliphatic carbocycles. The summed E-state index contributed by atoms with van der Waals surface area (Å²) in [5.74, 6) is 1.35. The summed E-state index contributed by atoms with van der Waals surface area (Å²) in [4.78, 5) is 2.60. The molecule has 0 aromatic rings. The summed E-state index contributed by atoms with van der Waals surface area (Å²) >= 11 is 0. The molecule has 0 radical (unpaired) electrons. The van der Waals surface area contributed by atoms with E-state index < -0.39 is 0 Å². The van der Waals surface area contributed by atoms with Crippen molar-refractivity contribution >= 4 is 0 Å². The van der Waals surface area contributed by atoms with Crippen LogP contribution < -0.4 is 5.73 Å². The zero-order valence-electron chi connectivity index (χ0n) is 9.31. The molecule has 0 spiro atoms. The van der Waals surface area contributed by atoms with Crippen LogP contribution in [0.15, 0.2) is 0 Å². The molecule has 3 N–H and O–H groups in total. The Hall–Kier alpha value is -0.120. The molecule has 1 heterocycles. The summed E-state index contributed by atoms with van der Waals surface area (Å²) in [6.45, 7) is 2.35. The number of aliphatic hydroxyl groups is 1. The summed E-state index contributed by atoms with van der Waals surface area (Å²) in [5.41, 5.74) is 5.96. The minimum Gasteiger partial charge on any atom is -0.393 e. The van der Waals surface area contributed by atoms with Crippen molar-refractivity contribution in [3.8, 4) is 0 Å².